The third-order valence-corrected chi connectivity index (χ3v) is 6.61. The number of hydrogen-bond acceptors (Lipinski definition) is 4. The van der Waals surface area contributed by atoms with Crippen LogP contribution in [-0.4, -0.2) is 16.6 Å². The van der Waals surface area contributed by atoms with Gasteiger partial charge in [0.15, 0.2) is 4.98 Å². The molecule has 1 N–H and O–H groups in total. The van der Waals surface area contributed by atoms with Gasteiger partial charge in [0, 0.05) is 6.07 Å². The second-order valence-corrected chi connectivity index (χ2v) is 8.48. The maximum absolute atomic E-state index is 9.60. The third kappa shape index (κ3) is 3.37. The fraction of sp³-hybridized carbons (Fsp3) is 0.571. The van der Waals surface area contributed by atoms with Crippen molar-refractivity contribution in [3.05, 3.63) is 28.7 Å². The van der Waals surface area contributed by atoms with Crippen molar-refractivity contribution in [3.63, 3.8) is 0 Å². The van der Waals surface area contributed by atoms with Crippen LogP contribution in [0.1, 0.15) is 30.9 Å². The van der Waals surface area contributed by atoms with E-state index >= 15 is 0 Å². The van der Waals surface area contributed by atoms with E-state index in [1.807, 2.05) is 23.5 Å². The molecule has 0 saturated carbocycles. The smallest absolute Gasteiger partial charge is 0.390 e. The normalized spacial score (nSPS) is 23.9. The van der Waals surface area contributed by atoms with Crippen LogP contribution in [0.25, 0.3) is 4.98 Å². The first-order chi connectivity index (χ1) is 8.91. The summed E-state index contributed by atoms with van der Waals surface area (Å²) in [5, 5.41) is 18.6. The van der Waals surface area contributed by atoms with E-state index in [1.165, 1.54) is 0 Å². The molecular formula is C14H19N2OS2+. The molecule has 0 bridgehead atoms. The molecule has 0 unspecified atom stereocenters. The number of thioether (sulfide) groups is 2. The molecule has 1 heterocycles. The highest BCUT2D eigenvalue weighted by molar-refractivity contribution is 8.16. The second kappa shape index (κ2) is 5.64. The average Bonchev–Trinajstić information content (AvgIpc) is 2.38. The predicted octanol–water partition coefficient (Wildman–Crippen LogP) is 5.02. The Morgan fingerprint density at radius 1 is 1.26 bits per heavy atom. The van der Waals surface area contributed by atoms with E-state index in [1.54, 1.807) is 18.2 Å². The zero-order valence-electron chi connectivity index (χ0n) is 11.5. The Kier molecular flexibility index (Phi) is 4.32. The summed E-state index contributed by atoms with van der Waals surface area (Å²) in [6, 6.07) is 4.91. The molecule has 0 aromatic heterocycles. The number of phenols is 1. The van der Waals surface area contributed by atoms with E-state index in [0.717, 1.165) is 17.1 Å². The van der Waals surface area contributed by atoms with Crippen molar-refractivity contribution in [2.24, 2.45) is 11.3 Å². The van der Waals surface area contributed by atoms with Crippen molar-refractivity contribution in [3.8, 4) is 5.75 Å². The summed E-state index contributed by atoms with van der Waals surface area (Å²) < 4.78 is 0.233. The quantitative estimate of drug-likeness (QED) is 0.739. The maximum atomic E-state index is 9.60. The summed E-state index contributed by atoms with van der Waals surface area (Å²) in [5.74, 6) is 3.11. The van der Waals surface area contributed by atoms with Gasteiger partial charge in [0.1, 0.15) is 5.75 Å². The van der Waals surface area contributed by atoms with E-state index in [4.69, 9.17) is 5.39 Å². The van der Waals surface area contributed by atoms with Gasteiger partial charge in [0.2, 0.25) is 5.39 Å². The Morgan fingerprint density at radius 3 is 2.42 bits per heavy atom. The summed E-state index contributed by atoms with van der Waals surface area (Å²) in [6.07, 6.45) is 0. The van der Waals surface area contributed by atoms with Gasteiger partial charge in [0.25, 0.3) is 0 Å². The molecule has 2 rings (SSSR count). The first-order valence-electron chi connectivity index (χ1n) is 6.33. The molecule has 1 aliphatic heterocycles. The van der Waals surface area contributed by atoms with Crippen LogP contribution in [0.4, 0.5) is 5.69 Å². The largest absolute Gasteiger partial charge is 0.508 e. The Hall–Kier alpha value is -0.860. The van der Waals surface area contributed by atoms with E-state index in [2.05, 4.69) is 25.7 Å². The van der Waals surface area contributed by atoms with Gasteiger partial charge >= 0.3 is 5.69 Å². The summed E-state index contributed by atoms with van der Waals surface area (Å²) >= 11 is 3.74. The van der Waals surface area contributed by atoms with Crippen molar-refractivity contribution in [2.45, 2.75) is 25.4 Å². The molecule has 0 aliphatic carbocycles. The number of rotatable bonds is 1. The van der Waals surface area contributed by atoms with E-state index < -0.39 is 0 Å². The van der Waals surface area contributed by atoms with Crippen LogP contribution in [0.2, 0.25) is 0 Å². The monoisotopic (exact) mass is 295 g/mol. The summed E-state index contributed by atoms with van der Waals surface area (Å²) in [5.41, 5.74) is 1.79. The standard InChI is InChI=1S/C14H18N2OS2/c1-14(2,3)9-7-18-13(19-8-9)11-6-10(17)4-5-12(11)16-15/h4-6,9,13H,7-8H2,1-3H3/p+1. The van der Waals surface area contributed by atoms with Gasteiger partial charge in [0.05, 0.1) is 10.1 Å². The van der Waals surface area contributed by atoms with Crippen molar-refractivity contribution in [2.75, 3.05) is 11.5 Å². The van der Waals surface area contributed by atoms with Crippen LogP contribution >= 0.6 is 23.5 Å². The fourth-order valence-corrected chi connectivity index (χ4v) is 5.80. The Labute approximate surface area is 122 Å². The van der Waals surface area contributed by atoms with Gasteiger partial charge in [-0.2, -0.15) is 0 Å². The first-order valence-corrected chi connectivity index (χ1v) is 8.43. The van der Waals surface area contributed by atoms with Gasteiger partial charge in [-0.15, -0.1) is 23.5 Å². The van der Waals surface area contributed by atoms with Crippen LogP contribution < -0.4 is 0 Å². The van der Waals surface area contributed by atoms with Crippen molar-refractivity contribution in [1.29, 1.82) is 5.39 Å². The molecule has 1 fully saturated rings. The lowest BCUT2D eigenvalue weighted by Gasteiger charge is -2.35. The SMILES string of the molecule is CC(C)(C)C1CSC(c2cc(O)ccc2[N+]#N)SC1. The minimum atomic E-state index is 0.224. The van der Waals surface area contributed by atoms with Gasteiger partial charge in [-0.3, -0.25) is 0 Å². The van der Waals surface area contributed by atoms with Crippen LogP contribution in [0.5, 0.6) is 5.75 Å². The highest BCUT2D eigenvalue weighted by atomic mass is 32.2. The molecule has 102 valence electrons. The summed E-state index contributed by atoms with van der Waals surface area (Å²) in [4.78, 5) is 3.32. The molecule has 1 saturated heterocycles. The van der Waals surface area contributed by atoms with E-state index in [-0.39, 0.29) is 10.3 Å². The first kappa shape index (κ1) is 14.5. The predicted molar refractivity (Wildman–Crippen MR) is 83.5 cm³/mol. The second-order valence-electron chi connectivity index (χ2n) is 5.90. The topological polar surface area (TPSA) is 48.4 Å². The molecule has 0 amide bonds. The molecule has 0 radical (unpaired) electrons. The number of diazo groups is 1. The lowest BCUT2D eigenvalue weighted by molar-refractivity contribution is 0.292. The lowest BCUT2D eigenvalue weighted by Crippen LogP contribution is -2.27. The number of phenolic OH excluding ortho intramolecular Hbond substituents is 1. The highest BCUT2D eigenvalue weighted by Crippen LogP contribution is 2.51. The summed E-state index contributed by atoms with van der Waals surface area (Å²) in [6.45, 7) is 6.84. The zero-order valence-corrected chi connectivity index (χ0v) is 13.1. The summed E-state index contributed by atoms with van der Waals surface area (Å²) in [7, 11) is 0. The van der Waals surface area contributed by atoms with Gasteiger partial charge < -0.3 is 5.11 Å². The molecule has 19 heavy (non-hydrogen) atoms. The molecule has 0 spiro atoms. The van der Waals surface area contributed by atoms with Gasteiger partial charge in [-0.25, -0.2) is 0 Å². The highest BCUT2D eigenvalue weighted by Gasteiger charge is 2.34. The fourth-order valence-electron chi connectivity index (χ4n) is 2.00. The van der Waals surface area contributed by atoms with Crippen molar-refractivity contribution in [1.82, 2.24) is 0 Å². The average molecular weight is 295 g/mol. The molecule has 5 heteroatoms. The van der Waals surface area contributed by atoms with Gasteiger partial charge in [-0.1, -0.05) is 20.8 Å². The Bertz CT molecular complexity index is 497. The zero-order chi connectivity index (χ0) is 14.0. The number of aromatic hydroxyl groups is 1. The molecule has 1 aliphatic rings. The molecule has 1 aromatic rings. The van der Waals surface area contributed by atoms with Crippen LogP contribution in [-0.2, 0) is 0 Å². The Morgan fingerprint density at radius 2 is 1.89 bits per heavy atom. The number of hydrogen-bond donors (Lipinski definition) is 1. The third-order valence-electron chi connectivity index (χ3n) is 3.50. The van der Waals surface area contributed by atoms with E-state index in [9.17, 15) is 5.11 Å². The van der Waals surface area contributed by atoms with Crippen LogP contribution in [0, 0.1) is 16.7 Å². The molecular weight excluding hydrogens is 276 g/mol. The number of nitrogens with zero attached hydrogens (tertiary/aromatic N) is 2. The van der Waals surface area contributed by atoms with Crippen molar-refractivity contribution < 1.29 is 5.11 Å². The molecule has 0 atom stereocenters. The van der Waals surface area contributed by atoms with E-state index in [0.29, 0.717) is 17.0 Å². The van der Waals surface area contributed by atoms with Gasteiger partial charge in [-0.05, 0) is 35.0 Å². The van der Waals surface area contributed by atoms with Crippen molar-refractivity contribution >= 4 is 29.2 Å². The minimum Gasteiger partial charge on any atom is -0.508 e. The number of benzene rings is 1. The maximum Gasteiger partial charge on any atom is 0.390 e. The molecule has 3 nitrogen and oxygen atoms in total. The minimum absolute atomic E-state index is 0.224. The lowest BCUT2D eigenvalue weighted by atomic mass is 9.83. The molecule has 1 aromatic carbocycles. The Balaban J connectivity index is 2.14. The van der Waals surface area contributed by atoms with Crippen LogP contribution in [0.3, 0.4) is 0 Å². The van der Waals surface area contributed by atoms with Crippen LogP contribution in [0.15, 0.2) is 18.2 Å².